The van der Waals surface area contributed by atoms with Crippen LogP contribution in [-0.4, -0.2) is 34.9 Å². The minimum Gasteiger partial charge on any atom is -0.394 e. The van der Waals surface area contributed by atoms with Crippen LogP contribution < -0.4 is 5.32 Å². The molecule has 0 heterocycles. The maximum Gasteiger partial charge on any atom is 0.220 e. The lowest BCUT2D eigenvalue weighted by molar-refractivity contribution is -0.123. The van der Waals surface area contributed by atoms with Gasteiger partial charge >= 0.3 is 0 Å². The SMILES string of the molecule is CC/C=C\C/C=C\C/C=C\C/C=C\C/C=C\CCCCCCCCCCCCCCCCCCCCCCCCCC(=O)NC(CO)C(O)/C=C/CC/C=C/CC/C=C/CCCCCCCC. The maximum absolute atomic E-state index is 12.5. The van der Waals surface area contributed by atoms with E-state index in [9.17, 15) is 15.0 Å². The predicted octanol–water partition coefficient (Wildman–Crippen LogP) is 19.3. The molecule has 0 saturated carbocycles. The van der Waals surface area contributed by atoms with E-state index in [0.29, 0.717) is 6.42 Å². The van der Waals surface area contributed by atoms with E-state index in [1.165, 1.54) is 186 Å². The Balaban J connectivity index is 3.47. The van der Waals surface area contributed by atoms with Gasteiger partial charge in [0, 0.05) is 6.42 Å². The third-order valence-corrected chi connectivity index (χ3v) is 12.8. The number of unbranched alkanes of at least 4 members (excludes halogenated alkanes) is 31. The summed E-state index contributed by atoms with van der Waals surface area (Å²) in [4.78, 5) is 12.5. The molecule has 0 aromatic carbocycles. The number of nitrogens with one attached hydrogen (secondary N) is 1. The van der Waals surface area contributed by atoms with Gasteiger partial charge in [-0.15, -0.1) is 0 Å². The molecule has 4 nitrogen and oxygen atoms in total. The highest BCUT2D eigenvalue weighted by atomic mass is 16.3. The Morgan fingerprint density at radius 1 is 0.373 bits per heavy atom. The molecule has 0 aliphatic rings. The number of hydrogen-bond acceptors (Lipinski definition) is 3. The first-order valence-corrected chi connectivity index (χ1v) is 29.0. The monoisotopic (exact) mass is 930 g/mol. The smallest absolute Gasteiger partial charge is 0.220 e. The second-order valence-corrected chi connectivity index (χ2v) is 19.3. The average molecular weight is 931 g/mol. The number of hydrogen-bond donors (Lipinski definition) is 3. The molecular formula is C63H111NO3. The zero-order valence-electron chi connectivity index (χ0n) is 44.4. The third-order valence-electron chi connectivity index (χ3n) is 12.8. The number of allylic oxidation sites excluding steroid dienone is 15. The Morgan fingerprint density at radius 2 is 0.672 bits per heavy atom. The fourth-order valence-corrected chi connectivity index (χ4v) is 8.42. The molecular weight excluding hydrogens is 819 g/mol. The first-order chi connectivity index (χ1) is 33.2. The van der Waals surface area contributed by atoms with E-state index in [1.54, 1.807) is 6.08 Å². The van der Waals surface area contributed by atoms with Crippen molar-refractivity contribution in [2.45, 2.75) is 289 Å². The lowest BCUT2D eigenvalue weighted by atomic mass is 10.0. The van der Waals surface area contributed by atoms with E-state index < -0.39 is 12.1 Å². The first kappa shape index (κ1) is 64.3. The largest absolute Gasteiger partial charge is 0.394 e. The maximum atomic E-state index is 12.5. The summed E-state index contributed by atoms with van der Waals surface area (Å²) in [7, 11) is 0. The summed E-state index contributed by atoms with van der Waals surface area (Å²) in [6, 6.07) is -0.648. The van der Waals surface area contributed by atoms with Crippen LogP contribution >= 0.6 is 0 Å². The molecule has 0 aliphatic carbocycles. The van der Waals surface area contributed by atoms with Crippen molar-refractivity contribution < 1.29 is 15.0 Å². The van der Waals surface area contributed by atoms with Crippen molar-refractivity contribution in [3.05, 3.63) is 97.2 Å². The summed E-state index contributed by atoms with van der Waals surface area (Å²) in [6.07, 6.45) is 85.8. The second-order valence-electron chi connectivity index (χ2n) is 19.3. The van der Waals surface area contributed by atoms with Gasteiger partial charge in [-0.1, -0.05) is 278 Å². The van der Waals surface area contributed by atoms with Gasteiger partial charge in [0.25, 0.3) is 0 Å². The van der Waals surface area contributed by atoms with Crippen molar-refractivity contribution in [1.29, 1.82) is 0 Å². The Labute approximate surface area is 417 Å². The predicted molar refractivity (Wildman–Crippen MR) is 299 cm³/mol. The molecule has 2 atom stereocenters. The van der Waals surface area contributed by atoms with Crippen molar-refractivity contribution in [3.8, 4) is 0 Å². The number of amides is 1. The zero-order chi connectivity index (χ0) is 48.5. The quantitative estimate of drug-likeness (QED) is 0.0420. The highest BCUT2D eigenvalue weighted by Gasteiger charge is 2.18. The number of carbonyl (C=O) groups is 1. The van der Waals surface area contributed by atoms with Crippen molar-refractivity contribution in [3.63, 3.8) is 0 Å². The first-order valence-electron chi connectivity index (χ1n) is 29.0. The molecule has 67 heavy (non-hydrogen) atoms. The number of carbonyl (C=O) groups excluding carboxylic acids is 1. The molecule has 0 bridgehead atoms. The van der Waals surface area contributed by atoms with Gasteiger partial charge in [-0.3, -0.25) is 4.79 Å². The van der Waals surface area contributed by atoms with Gasteiger partial charge in [0.2, 0.25) is 5.91 Å². The average Bonchev–Trinajstić information content (AvgIpc) is 3.33. The van der Waals surface area contributed by atoms with Crippen LogP contribution in [0.3, 0.4) is 0 Å². The second kappa shape index (κ2) is 57.6. The molecule has 0 aromatic rings. The van der Waals surface area contributed by atoms with Crippen molar-refractivity contribution >= 4 is 5.91 Å². The van der Waals surface area contributed by atoms with Gasteiger partial charge in [0.1, 0.15) is 0 Å². The van der Waals surface area contributed by atoms with E-state index in [4.69, 9.17) is 0 Å². The minimum absolute atomic E-state index is 0.0769. The third kappa shape index (κ3) is 54.1. The molecule has 3 N–H and O–H groups in total. The van der Waals surface area contributed by atoms with E-state index in [2.05, 4.69) is 104 Å². The minimum atomic E-state index is -0.872. The molecule has 0 fully saturated rings. The van der Waals surface area contributed by atoms with Gasteiger partial charge in [-0.25, -0.2) is 0 Å². The normalized spacial score (nSPS) is 13.6. The number of rotatable bonds is 52. The molecule has 0 spiro atoms. The molecule has 0 rings (SSSR count). The lowest BCUT2D eigenvalue weighted by Crippen LogP contribution is -2.45. The van der Waals surface area contributed by atoms with E-state index in [-0.39, 0.29) is 12.5 Å². The van der Waals surface area contributed by atoms with Crippen LogP contribution in [0.4, 0.5) is 0 Å². The van der Waals surface area contributed by atoms with Gasteiger partial charge in [-0.2, -0.15) is 0 Å². The van der Waals surface area contributed by atoms with E-state index in [1.807, 2.05) is 6.08 Å². The Morgan fingerprint density at radius 3 is 1.04 bits per heavy atom. The van der Waals surface area contributed by atoms with Crippen LogP contribution in [-0.2, 0) is 4.79 Å². The molecule has 0 aliphatic heterocycles. The van der Waals surface area contributed by atoms with Crippen LogP contribution in [0.15, 0.2) is 97.2 Å². The van der Waals surface area contributed by atoms with Gasteiger partial charge in [-0.05, 0) is 89.9 Å². The van der Waals surface area contributed by atoms with E-state index in [0.717, 1.165) is 70.6 Å². The van der Waals surface area contributed by atoms with E-state index >= 15 is 0 Å². The van der Waals surface area contributed by atoms with Crippen LogP contribution in [0, 0.1) is 0 Å². The summed E-state index contributed by atoms with van der Waals surface area (Å²) in [5.41, 5.74) is 0. The van der Waals surface area contributed by atoms with Crippen molar-refractivity contribution in [2.75, 3.05) is 6.61 Å². The summed E-state index contributed by atoms with van der Waals surface area (Å²) in [6.45, 7) is 4.17. The lowest BCUT2D eigenvalue weighted by Gasteiger charge is -2.19. The molecule has 0 aromatic heterocycles. The zero-order valence-corrected chi connectivity index (χ0v) is 44.4. The van der Waals surface area contributed by atoms with Gasteiger partial charge in [0.15, 0.2) is 0 Å². The molecule has 1 amide bonds. The van der Waals surface area contributed by atoms with Crippen LogP contribution in [0.5, 0.6) is 0 Å². The molecule has 2 unspecified atom stereocenters. The molecule has 4 heteroatoms. The summed E-state index contributed by atoms with van der Waals surface area (Å²) < 4.78 is 0. The van der Waals surface area contributed by atoms with Crippen molar-refractivity contribution in [2.24, 2.45) is 0 Å². The summed E-state index contributed by atoms with van der Waals surface area (Å²) in [5.74, 6) is -0.0769. The Bertz CT molecular complexity index is 1240. The van der Waals surface area contributed by atoms with Gasteiger partial charge in [0.05, 0.1) is 18.8 Å². The van der Waals surface area contributed by atoms with Crippen molar-refractivity contribution in [1.82, 2.24) is 5.32 Å². The molecule has 386 valence electrons. The number of aliphatic hydroxyl groups is 2. The number of aliphatic hydroxyl groups excluding tert-OH is 2. The van der Waals surface area contributed by atoms with Crippen LogP contribution in [0.1, 0.15) is 277 Å². The highest BCUT2D eigenvalue weighted by molar-refractivity contribution is 5.76. The molecule has 0 radical (unpaired) electrons. The standard InChI is InChI=1S/C63H111NO3/c1-3-5-7-9-11-13-15-17-19-21-22-23-24-25-26-27-28-29-30-31-32-33-34-35-36-37-38-39-40-41-42-43-45-47-49-51-53-55-57-59-63(67)64-61(60-65)62(66)58-56-54-52-50-48-46-44-20-18-16-14-12-10-8-6-4-2/h5,7,11,13,17-20,22-23,25-26,48,50,56,58,61-62,65-66H,3-4,6,8-10,12,14-16,21,24,27-47,49,51-55,57,59-60H2,1-2H3,(H,64,67)/b7-5-,13-11-,19-17-,20-18+,23-22-,26-25-,50-48+,58-56+. The Kier molecular flexibility index (Phi) is 55.3. The highest BCUT2D eigenvalue weighted by Crippen LogP contribution is 2.16. The van der Waals surface area contributed by atoms with Crippen LogP contribution in [0.25, 0.3) is 0 Å². The van der Waals surface area contributed by atoms with Gasteiger partial charge < -0.3 is 15.5 Å². The fraction of sp³-hybridized carbons (Fsp3) is 0.730. The fourth-order valence-electron chi connectivity index (χ4n) is 8.42. The summed E-state index contributed by atoms with van der Waals surface area (Å²) >= 11 is 0. The summed E-state index contributed by atoms with van der Waals surface area (Å²) in [5, 5.41) is 23.1. The van der Waals surface area contributed by atoms with Crippen LogP contribution in [0.2, 0.25) is 0 Å². The molecule has 0 saturated heterocycles. The Hall–Kier alpha value is -2.69. The topological polar surface area (TPSA) is 69.6 Å².